The number of aryl methyl sites for hydroxylation is 1. The topological polar surface area (TPSA) is 67.5 Å². The SMILES string of the molecule is COc1ccc(Cn2nc(C)c(Cl)c2C)cc1B(O)O. The number of benzene rings is 1. The minimum atomic E-state index is -1.58. The lowest BCUT2D eigenvalue weighted by atomic mass is 9.78. The molecular formula is C13H16BClN2O3. The Labute approximate surface area is 122 Å². The number of hydrogen-bond donors (Lipinski definition) is 2. The summed E-state index contributed by atoms with van der Waals surface area (Å²) in [6, 6.07) is 5.25. The van der Waals surface area contributed by atoms with Crippen molar-refractivity contribution in [1.82, 2.24) is 9.78 Å². The predicted molar refractivity (Wildman–Crippen MR) is 78.6 cm³/mol. The summed E-state index contributed by atoms with van der Waals surface area (Å²) in [7, 11) is -0.0873. The van der Waals surface area contributed by atoms with Gasteiger partial charge in [0.05, 0.1) is 30.1 Å². The highest BCUT2D eigenvalue weighted by molar-refractivity contribution is 6.59. The molecule has 0 aliphatic heterocycles. The molecule has 0 amide bonds. The Morgan fingerprint density at radius 1 is 1.35 bits per heavy atom. The molecule has 2 N–H and O–H groups in total. The average Bonchev–Trinajstić information content (AvgIpc) is 2.66. The number of hydrogen-bond acceptors (Lipinski definition) is 4. The van der Waals surface area contributed by atoms with E-state index < -0.39 is 7.12 Å². The van der Waals surface area contributed by atoms with Gasteiger partial charge in [0.15, 0.2) is 0 Å². The van der Waals surface area contributed by atoms with Gasteiger partial charge in [0.25, 0.3) is 0 Å². The Bertz CT molecular complexity index is 628. The van der Waals surface area contributed by atoms with Crippen molar-refractivity contribution in [2.24, 2.45) is 0 Å². The molecular weight excluding hydrogens is 278 g/mol. The zero-order valence-electron chi connectivity index (χ0n) is 11.6. The average molecular weight is 295 g/mol. The van der Waals surface area contributed by atoms with Crippen LogP contribution in [-0.2, 0) is 6.54 Å². The summed E-state index contributed by atoms with van der Waals surface area (Å²) < 4.78 is 6.88. The molecule has 0 atom stereocenters. The lowest BCUT2D eigenvalue weighted by Crippen LogP contribution is -2.31. The second kappa shape index (κ2) is 5.87. The molecule has 2 aromatic rings. The molecule has 5 nitrogen and oxygen atoms in total. The summed E-state index contributed by atoms with van der Waals surface area (Å²) in [6.45, 7) is 4.25. The fourth-order valence-corrected chi connectivity index (χ4v) is 2.22. The maximum Gasteiger partial charge on any atom is 0.492 e. The molecule has 106 valence electrons. The maximum absolute atomic E-state index is 9.36. The number of halogens is 1. The number of methoxy groups -OCH3 is 1. The van der Waals surface area contributed by atoms with Gasteiger partial charge in [-0.3, -0.25) is 4.68 Å². The van der Waals surface area contributed by atoms with Crippen LogP contribution in [-0.4, -0.2) is 34.1 Å². The number of rotatable bonds is 4. The lowest BCUT2D eigenvalue weighted by molar-refractivity contribution is 0.403. The number of aromatic nitrogens is 2. The van der Waals surface area contributed by atoms with Gasteiger partial charge >= 0.3 is 7.12 Å². The summed E-state index contributed by atoms with van der Waals surface area (Å²) in [5.74, 6) is 0.440. The monoisotopic (exact) mass is 294 g/mol. The Kier molecular flexibility index (Phi) is 4.37. The lowest BCUT2D eigenvalue weighted by Gasteiger charge is -2.11. The predicted octanol–water partition coefficient (Wildman–Crippen LogP) is 0.890. The third kappa shape index (κ3) is 2.82. The van der Waals surface area contributed by atoms with Crippen LogP contribution in [0.4, 0.5) is 0 Å². The Hall–Kier alpha value is -1.50. The van der Waals surface area contributed by atoms with Crippen molar-refractivity contribution in [3.8, 4) is 5.75 Å². The summed E-state index contributed by atoms with van der Waals surface area (Å²) in [5.41, 5.74) is 2.87. The highest BCUT2D eigenvalue weighted by Crippen LogP contribution is 2.20. The molecule has 2 rings (SSSR count). The first-order chi connectivity index (χ1) is 9.43. The maximum atomic E-state index is 9.36. The first-order valence-electron chi connectivity index (χ1n) is 6.16. The van der Waals surface area contributed by atoms with Gasteiger partial charge in [0, 0.05) is 5.46 Å². The zero-order valence-corrected chi connectivity index (χ0v) is 12.3. The third-order valence-corrected chi connectivity index (χ3v) is 3.74. The molecule has 0 saturated carbocycles. The van der Waals surface area contributed by atoms with E-state index in [1.54, 1.807) is 16.8 Å². The molecule has 1 aromatic heterocycles. The van der Waals surface area contributed by atoms with Crippen LogP contribution in [0.25, 0.3) is 0 Å². The van der Waals surface area contributed by atoms with Crippen LogP contribution < -0.4 is 10.2 Å². The van der Waals surface area contributed by atoms with Gasteiger partial charge in [-0.15, -0.1) is 0 Å². The molecule has 0 bridgehead atoms. The Morgan fingerprint density at radius 2 is 2.05 bits per heavy atom. The molecule has 0 spiro atoms. The highest BCUT2D eigenvalue weighted by atomic mass is 35.5. The van der Waals surface area contributed by atoms with Gasteiger partial charge in [-0.1, -0.05) is 23.7 Å². The van der Waals surface area contributed by atoms with E-state index in [-0.39, 0.29) is 0 Å². The molecule has 0 aliphatic rings. The van der Waals surface area contributed by atoms with Crippen LogP contribution in [0.3, 0.4) is 0 Å². The molecule has 7 heteroatoms. The standard InChI is InChI=1S/C13H16BClN2O3/c1-8-13(15)9(2)17(16-8)7-10-4-5-12(20-3)11(6-10)14(18)19/h4-6,18-19H,7H2,1-3H3. The number of ether oxygens (including phenoxy) is 1. The van der Waals surface area contributed by atoms with Gasteiger partial charge in [0.2, 0.25) is 0 Å². The Morgan fingerprint density at radius 3 is 2.55 bits per heavy atom. The third-order valence-electron chi connectivity index (χ3n) is 3.20. The first-order valence-corrected chi connectivity index (χ1v) is 6.54. The van der Waals surface area contributed by atoms with E-state index >= 15 is 0 Å². The molecule has 0 fully saturated rings. The molecule has 1 aromatic carbocycles. The van der Waals surface area contributed by atoms with Crippen LogP contribution in [0, 0.1) is 13.8 Å². The smallest absolute Gasteiger partial charge is 0.492 e. The van der Waals surface area contributed by atoms with E-state index in [4.69, 9.17) is 16.3 Å². The van der Waals surface area contributed by atoms with Crippen LogP contribution in [0.1, 0.15) is 17.0 Å². The Balaban J connectivity index is 2.34. The molecule has 0 saturated heterocycles. The summed E-state index contributed by atoms with van der Waals surface area (Å²) in [6.07, 6.45) is 0. The van der Waals surface area contributed by atoms with E-state index in [2.05, 4.69) is 5.10 Å². The second-order valence-corrected chi connectivity index (χ2v) is 4.97. The van der Waals surface area contributed by atoms with Crippen LogP contribution in [0.15, 0.2) is 18.2 Å². The fourth-order valence-electron chi connectivity index (χ4n) is 2.09. The highest BCUT2D eigenvalue weighted by Gasteiger charge is 2.18. The summed E-state index contributed by atoms with van der Waals surface area (Å²) in [4.78, 5) is 0. The van der Waals surface area contributed by atoms with Crippen LogP contribution >= 0.6 is 11.6 Å². The van der Waals surface area contributed by atoms with E-state index in [0.29, 0.717) is 22.8 Å². The van der Waals surface area contributed by atoms with Crippen molar-refractivity contribution >= 4 is 24.2 Å². The largest absolute Gasteiger partial charge is 0.497 e. The summed E-state index contributed by atoms with van der Waals surface area (Å²) >= 11 is 6.11. The van der Waals surface area contributed by atoms with Crippen LogP contribution in [0.5, 0.6) is 5.75 Å². The zero-order chi connectivity index (χ0) is 14.9. The normalized spacial score (nSPS) is 10.7. The molecule has 20 heavy (non-hydrogen) atoms. The minimum absolute atomic E-state index is 0.331. The van der Waals surface area contributed by atoms with Gasteiger partial charge in [-0.25, -0.2) is 0 Å². The van der Waals surface area contributed by atoms with Gasteiger partial charge < -0.3 is 14.8 Å². The van der Waals surface area contributed by atoms with Gasteiger partial charge in [-0.05, 0) is 25.5 Å². The first kappa shape index (κ1) is 14.9. The van der Waals surface area contributed by atoms with Crippen LogP contribution in [0.2, 0.25) is 5.02 Å². The van der Waals surface area contributed by atoms with Crippen molar-refractivity contribution in [3.63, 3.8) is 0 Å². The van der Waals surface area contributed by atoms with Crippen molar-refractivity contribution in [1.29, 1.82) is 0 Å². The van der Waals surface area contributed by atoms with Gasteiger partial charge in [0.1, 0.15) is 5.75 Å². The van der Waals surface area contributed by atoms with Gasteiger partial charge in [-0.2, -0.15) is 5.10 Å². The second-order valence-electron chi connectivity index (χ2n) is 4.59. The van der Waals surface area contributed by atoms with E-state index in [0.717, 1.165) is 17.0 Å². The molecule has 0 radical (unpaired) electrons. The van der Waals surface area contributed by atoms with Crippen molar-refractivity contribution < 1.29 is 14.8 Å². The van der Waals surface area contributed by atoms with E-state index in [9.17, 15) is 10.0 Å². The molecule has 0 aliphatic carbocycles. The summed E-state index contributed by atoms with van der Waals surface area (Å²) in [5, 5.41) is 23.7. The van der Waals surface area contributed by atoms with Crippen molar-refractivity contribution in [3.05, 3.63) is 40.2 Å². The fraction of sp³-hybridized carbons (Fsp3) is 0.308. The number of nitrogens with zero attached hydrogens (tertiary/aromatic N) is 2. The van der Waals surface area contributed by atoms with Crippen molar-refractivity contribution in [2.75, 3.05) is 7.11 Å². The molecule has 1 heterocycles. The minimum Gasteiger partial charge on any atom is -0.497 e. The molecule has 0 unspecified atom stereocenters. The van der Waals surface area contributed by atoms with E-state index in [1.807, 2.05) is 19.9 Å². The van der Waals surface area contributed by atoms with E-state index in [1.165, 1.54) is 7.11 Å². The van der Waals surface area contributed by atoms with Crippen molar-refractivity contribution in [2.45, 2.75) is 20.4 Å². The quantitative estimate of drug-likeness (QED) is 0.822.